The van der Waals surface area contributed by atoms with Crippen LogP contribution in [-0.4, -0.2) is 10.9 Å². The summed E-state index contributed by atoms with van der Waals surface area (Å²) in [6, 6.07) is 9.62. The van der Waals surface area contributed by atoms with Crippen molar-refractivity contribution in [1.29, 1.82) is 0 Å². The van der Waals surface area contributed by atoms with E-state index in [0.29, 0.717) is 11.3 Å². The van der Waals surface area contributed by atoms with Crippen LogP contribution in [0.25, 0.3) is 10.4 Å². The van der Waals surface area contributed by atoms with Crippen molar-refractivity contribution in [2.24, 2.45) is 0 Å². The number of rotatable bonds is 4. The highest BCUT2D eigenvalue weighted by Crippen LogP contribution is 2.32. The van der Waals surface area contributed by atoms with Gasteiger partial charge in [0.2, 0.25) is 0 Å². The molecule has 0 saturated carbocycles. The Balaban J connectivity index is 1.92. The first-order chi connectivity index (χ1) is 11.0. The summed E-state index contributed by atoms with van der Waals surface area (Å²) in [6.07, 6.45) is 3.37. The highest BCUT2D eigenvalue weighted by Gasteiger charge is 2.28. The fraction of sp³-hybridized carbons (Fsp3) is 0.222. The van der Waals surface area contributed by atoms with Gasteiger partial charge in [0.15, 0.2) is 0 Å². The van der Waals surface area contributed by atoms with Gasteiger partial charge in [-0.2, -0.15) is 0 Å². The summed E-state index contributed by atoms with van der Waals surface area (Å²) in [5.41, 5.74) is 1.64. The molecule has 118 valence electrons. The molecule has 5 heteroatoms. The Morgan fingerprint density at radius 2 is 2.09 bits per heavy atom. The van der Waals surface area contributed by atoms with Crippen LogP contribution in [0.2, 0.25) is 0 Å². The maximum Gasteiger partial charge on any atom is 0.256 e. The fourth-order valence-corrected chi connectivity index (χ4v) is 3.23. The van der Waals surface area contributed by atoms with Crippen molar-refractivity contribution in [2.75, 3.05) is 0 Å². The van der Waals surface area contributed by atoms with Gasteiger partial charge in [0.25, 0.3) is 5.91 Å². The monoisotopic (exact) mass is 326 g/mol. The summed E-state index contributed by atoms with van der Waals surface area (Å²) in [6.45, 7) is 5.68. The van der Waals surface area contributed by atoms with E-state index in [9.17, 15) is 4.79 Å². The minimum atomic E-state index is -0.575. The van der Waals surface area contributed by atoms with E-state index in [2.05, 4.69) is 10.3 Å². The molecule has 0 saturated heterocycles. The maximum absolute atomic E-state index is 12.8. The molecule has 0 bridgehead atoms. The van der Waals surface area contributed by atoms with E-state index in [1.165, 1.54) is 0 Å². The first-order valence-corrected chi connectivity index (χ1v) is 8.23. The molecule has 3 aromatic heterocycles. The largest absolute Gasteiger partial charge is 0.468 e. The second-order valence-corrected chi connectivity index (χ2v) is 6.80. The number of nitrogens with zero attached hydrogens (tertiary/aromatic N) is 1. The molecular weight excluding hydrogens is 308 g/mol. The van der Waals surface area contributed by atoms with Gasteiger partial charge in [0, 0.05) is 16.6 Å². The smallest absolute Gasteiger partial charge is 0.256 e. The number of amides is 1. The van der Waals surface area contributed by atoms with Crippen molar-refractivity contribution in [3.63, 3.8) is 0 Å². The lowest BCUT2D eigenvalue weighted by Crippen LogP contribution is -2.41. The Hall–Kier alpha value is -2.40. The average Bonchev–Trinajstić information content (AvgIpc) is 3.16. The molecule has 0 aromatic carbocycles. The van der Waals surface area contributed by atoms with E-state index in [4.69, 9.17) is 4.42 Å². The molecule has 3 aromatic rings. The van der Waals surface area contributed by atoms with Gasteiger partial charge in [-0.15, -0.1) is 11.3 Å². The molecule has 0 aliphatic rings. The van der Waals surface area contributed by atoms with Gasteiger partial charge < -0.3 is 9.73 Å². The van der Waals surface area contributed by atoms with Gasteiger partial charge in [-0.1, -0.05) is 12.1 Å². The van der Waals surface area contributed by atoms with Crippen LogP contribution in [0, 0.1) is 6.92 Å². The van der Waals surface area contributed by atoms with Gasteiger partial charge in [-0.05, 0) is 44.4 Å². The number of nitrogens with one attached hydrogen (secondary N) is 1. The summed E-state index contributed by atoms with van der Waals surface area (Å²) in [4.78, 5) is 18.2. The zero-order valence-electron chi connectivity index (χ0n) is 13.3. The summed E-state index contributed by atoms with van der Waals surface area (Å²) in [5.74, 6) is 0.457. The van der Waals surface area contributed by atoms with E-state index in [1.54, 1.807) is 30.7 Å². The van der Waals surface area contributed by atoms with Crippen molar-refractivity contribution in [2.45, 2.75) is 26.3 Å². The van der Waals surface area contributed by atoms with Crippen LogP contribution in [0.5, 0.6) is 0 Å². The molecule has 4 nitrogen and oxygen atoms in total. The number of aromatic nitrogens is 1. The van der Waals surface area contributed by atoms with Gasteiger partial charge >= 0.3 is 0 Å². The molecule has 0 radical (unpaired) electrons. The lowest BCUT2D eigenvalue weighted by molar-refractivity contribution is 0.0909. The highest BCUT2D eigenvalue weighted by atomic mass is 32.1. The van der Waals surface area contributed by atoms with Crippen LogP contribution in [0.1, 0.15) is 35.7 Å². The molecule has 1 N–H and O–H groups in total. The zero-order valence-corrected chi connectivity index (χ0v) is 14.1. The van der Waals surface area contributed by atoms with Crippen molar-refractivity contribution in [3.8, 4) is 10.4 Å². The molecule has 3 rings (SSSR count). The summed E-state index contributed by atoms with van der Waals surface area (Å²) in [5, 5.41) is 5.04. The molecule has 0 atom stereocenters. The molecule has 0 aliphatic carbocycles. The minimum Gasteiger partial charge on any atom is -0.468 e. The van der Waals surface area contributed by atoms with Crippen molar-refractivity contribution < 1.29 is 9.21 Å². The lowest BCUT2D eigenvalue weighted by atomic mass is 9.98. The van der Waals surface area contributed by atoms with Crippen molar-refractivity contribution in [1.82, 2.24) is 10.3 Å². The standard InChI is InChI=1S/C18H18N2O2S/c1-12-16(13(11-22-12)14-7-6-10-23-14)17(21)20-18(2,3)15-8-4-5-9-19-15/h4-11H,1-3H3,(H,20,21). The molecule has 23 heavy (non-hydrogen) atoms. The number of carbonyl (C=O) groups excluding carboxylic acids is 1. The Labute approximate surface area is 139 Å². The summed E-state index contributed by atoms with van der Waals surface area (Å²) in [7, 11) is 0. The van der Waals surface area contributed by atoms with Crippen molar-refractivity contribution in [3.05, 3.63) is 65.2 Å². The highest BCUT2D eigenvalue weighted by molar-refractivity contribution is 7.13. The third kappa shape index (κ3) is 3.05. The third-order valence-corrected chi connectivity index (χ3v) is 4.62. The molecule has 3 heterocycles. The minimum absolute atomic E-state index is 0.157. The van der Waals surface area contributed by atoms with E-state index in [1.807, 2.05) is 49.6 Å². The van der Waals surface area contributed by atoms with Crippen molar-refractivity contribution >= 4 is 17.2 Å². The van der Waals surface area contributed by atoms with Crippen LogP contribution in [0.3, 0.4) is 0 Å². The predicted molar refractivity (Wildman–Crippen MR) is 91.5 cm³/mol. The number of pyridine rings is 1. The Kier molecular flexibility index (Phi) is 4.05. The first kappa shape index (κ1) is 15.5. The van der Waals surface area contributed by atoms with Crippen LogP contribution in [-0.2, 0) is 5.54 Å². The number of hydrogen-bond acceptors (Lipinski definition) is 4. The molecule has 1 amide bonds. The molecule has 0 aliphatic heterocycles. The normalized spacial score (nSPS) is 11.4. The molecule has 0 unspecified atom stereocenters. The SMILES string of the molecule is Cc1occ(-c2cccs2)c1C(=O)NC(C)(C)c1ccccn1. The molecular formula is C18H18N2O2S. The van der Waals surface area contributed by atoms with Crippen LogP contribution >= 0.6 is 11.3 Å². The zero-order chi connectivity index (χ0) is 16.4. The van der Waals surface area contributed by atoms with E-state index < -0.39 is 5.54 Å². The van der Waals surface area contributed by atoms with Gasteiger partial charge in [0.1, 0.15) is 12.0 Å². The van der Waals surface area contributed by atoms with Gasteiger partial charge in [-0.3, -0.25) is 9.78 Å². The number of hydrogen-bond donors (Lipinski definition) is 1. The third-order valence-electron chi connectivity index (χ3n) is 3.72. The number of aryl methyl sites for hydroxylation is 1. The van der Waals surface area contributed by atoms with Gasteiger partial charge in [-0.25, -0.2) is 0 Å². The van der Waals surface area contributed by atoms with Gasteiger partial charge in [0.05, 0.1) is 16.8 Å². The Morgan fingerprint density at radius 1 is 1.26 bits per heavy atom. The first-order valence-electron chi connectivity index (χ1n) is 7.35. The molecule has 0 spiro atoms. The lowest BCUT2D eigenvalue weighted by Gasteiger charge is -2.25. The number of carbonyl (C=O) groups is 1. The van der Waals surface area contributed by atoms with Crippen LogP contribution in [0.15, 0.2) is 52.6 Å². The average molecular weight is 326 g/mol. The number of thiophene rings is 1. The molecule has 0 fully saturated rings. The van der Waals surface area contributed by atoms with E-state index >= 15 is 0 Å². The van der Waals surface area contributed by atoms with E-state index in [0.717, 1.165) is 16.1 Å². The topological polar surface area (TPSA) is 55.1 Å². The number of furan rings is 1. The van der Waals surface area contributed by atoms with Crippen LogP contribution in [0.4, 0.5) is 0 Å². The summed E-state index contributed by atoms with van der Waals surface area (Å²) < 4.78 is 5.49. The predicted octanol–water partition coefficient (Wildman–Crippen LogP) is 4.38. The van der Waals surface area contributed by atoms with Crippen LogP contribution < -0.4 is 5.32 Å². The maximum atomic E-state index is 12.8. The van der Waals surface area contributed by atoms with E-state index in [-0.39, 0.29) is 5.91 Å². The Bertz CT molecular complexity index is 805. The Morgan fingerprint density at radius 3 is 2.74 bits per heavy atom. The second-order valence-electron chi connectivity index (χ2n) is 5.85. The summed E-state index contributed by atoms with van der Waals surface area (Å²) >= 11 is 1.58. The quantitative estimate of drug-likeness (QED) is 0.774. The fourth-order valence-electron chi connectivity index (χ4n) is 2.49. The second kappa shape index (κ2) is 6.01.